The third-order valence-corrected chi connectivity index (χ3v) is 7.67. The van der Waals surface area contributed by atoms with Gasteiger partial charge in [-0.05, 0) is 49.2 Å². The first-order chi connectivity index (χ1) is 19.0. The zero-order chi connectivity index (χ0) is 27.2. The van der Waals surface area contributed by atoms with Gasteiger partial charge < -0.3 is 9.47 Å². The van der Waals surface area contributed by atoms with E-state index in [1.54, 1.807) is 12.0 Å². The largest absolute Gasteiger partial charge is 0.489 e. The van der Waals surface area contributed by atoms with E-state index in [0.717, 1.165) is 40.2 Å². The van der Waals surface area contributed by atoms with Crippen molar-refractivity contribution < 1.29 is 14.3 Å². The number of hydrogen-bond acceptors (Lipinski definition) is 6. The van der Waals surface area contributed by atoms with E-state index in [9.17, 15) is 4.79 Å². The van der Waals surface area contributed by atoms with Crippen LogP contribution < -0.4 is 4.74 Å². The van der Waals surface area contributed by atoms with Crippen LogP contribution in [0.25, 0.3) is 23.0 Å². The number of ether oxygens (including phenoxy) is 2. The molecule has 0 spiro atoms. The van der Waals surface area contributed by atoms with Gasteiger partial charge in [0.25, 0.3) is 5.91 Å². The van der Waals surface area contributed by atoms with Crippen molar-refractivity contribution in [3.63, 3.8) is 0 Å². The summed E-state index contributed by atoms with van der Waals surface area (Å²) in [4.78, 5) is 15.4. The SMILES string of the molecule is COCCCN1C(=O)C(=Cc2cn(-c3ccccc3)nc2-c2cccc(OCc3ccc(C)cc3)c2)SC1=S. The lowest BCUT2D eigenvalue weighted by Crippen LogP contribution is -2.29. The molecule has 1 fully saturated rings. The molecule has 0 saturated carbocycles. The first-order valence-corrected chi connectivity index (χ1v) is 13.9. The van der Waals surface area contributed by atoms with E-state index in [2.05, 4.69) is 31.2 Å². The number of methoxy groups -OCH3 is 1. The number of carbonyl (C=O) groups excluding carboxylic acids is 1. The molecule has 4 aromatic rings. The molecule has 1 saturated heterocycles. The molecule has 6 nitrogen and oxygen atoms in total. The van der Waals surface area contributed by atoms with Crippen LogP contribution in [0.3, 0.4) is 0 Å². The third-order valence-electron chi connectivity index (χ3n) is 6.29. The van der Waals surface area contributed by atoms with Gasteiger partial charge in [0.2, 0.25) is 0 Å². The van der Waals surface area contributed by atoms with Crippen molar-refractivity contribution in [2.75, 3.05) is 20.3 Å². The predicted molar refractivity (Wildman–Crippen MR) is 161 cm³/mol. The molecule has 1 aromatic heterocycles. The Morgan fingerprint density at radius 1 is 1.03 bits per heavy atom. The van der Waals surface area contributed by atoms with Gasteiger partial charge in [0.1, 0.15) is 22.4 Å². The van der Waals surface area contributed by atoms with E-state index in [1.165, 1.54) is 17.3 Å². The Morgan fingerprint density at radius 3 is 2.59 bits per heavy atom. The molecule has 0 atom stereocenters. The lowest BCUT2D eigenvalue weighted by Gasteiger charge is -2.13. The molecule has 1 amide bonds. The van der Waals surface area contributed by atoms with Gasteiger partial charge in [-0.15, -0.1) is 0 Å². The van der Waals surface area contributed by atoms with Crippen molar-refractivity contribution >= 4 is 40.3 Å². The first kappa shape index (κ1) is 26.9. The fraction of sp³-hybridized carbons (Fsp3) is 0.194. The standard InChI is InChI=1S/C31H29N3O3S2/c1-22-12-14-23(15-13-22)21-37-27-11-6-8-24(18-27)29-25(20-34(32-29)26-9-4-3-5-10-26)19-28-30(35)33(31(38)39-28)16-7-17-36-2/h3-6,8-15,18-20H,7,16-17,21H2,1-2H3. The van der Waals surface area contributed by atoms with Crippen molar-refractivity contribution in [2.45, 2.75) is 20.0 Å². The number of thiocarbonyl (C=S) groups is 1. The highest BCUT2D eigenvalue weighted by Gasteiger charge is 2.32. The fourth-order valence-corrected chi connectivity index (χ4v) is 5.51. The normalized spacial score (nSPS) is 14.4. The van der Waals surface area contributed by atoms with E-state index in [-0.39, 0.29) is 5.91 Å². The molecule has 0 bridgehead atoms. The highest BCUT2D eigenvalue weighted by atomic mass is 32.2. The van der Waals surface area contributed by atoms with Crippen molar-refractivity contribution in [3.8, 4) is 22.7 Å². The monoisotopic (exact) mass is 555 g/mol. The molecule has 5 rings (SSSR count). The average Bonchev–Trinajstić information content (AvgIpc) is 3.50. The van der Waals surface area contributed by atoms with Crippen LogP contribution in [0, 0.1) is 6.92 Å². The molecule has 1 aliphatic heterocycles. The Hall–Kier alpha value is -3.72. The second kappa shape index (κ2) is 12.4. The summed E-state index contributed by atoms with van der Waals surface area (Å²) in [6, 6.07) is 26.1. The van der Waals surface area contributed by atoms with Crippen LogP contribution in [0.4, 0.5) is 0 Å². The van der Waals surface area contributed by atoms with Crippen molar-refractivity contribution in [3.05, 3.63) is 107 Å². The second-order valence-corrected chi connectivity index (χ2v) is 10.9. The van der Waals surface area contributed by atoms with Crippen molar-refractivity contribution in [1.82, 2.24) is 14.7 Å². The number of hydrogen-bond donors (Lipinski definition) is 0. The number of para-hydroxylation sites is 1. The number of amides is 1. The topological polar surface area (TPSA) is 56.6 Å². The van der Waals surface area contributed by atoms with Gasteiger partial charge in [0.15, 0.2) is 0 Å². The summed E-state index contributed by atoms with van der Waals surface area (Å²) in [5, 5.41) is 4.92. The van der Waals surface area contributed by atoms with Gasteiger partial charge >= 0.3 is 0 Å². The maximum atomic E-state index is 13.2. The number of benzene rings is 3. The Kier molecular flexibility index (Phi) is 8.56. The molecular weight excluding hydrogens is 526 g/mol. The van der Waals surface area contributed by atoms with Crippen LogP contribution in [0.15, 0.2) is 90.0 Å². The van der Waals surface area contributed by atoms with Crippen LogP contribution in [0.1, 0.15) is 23.1 Å². The molecule has 198 valence electrons. The van der Waals surface area contributed by atoms with E-state index >= 15 is 0 Å². The van der Waals surface area contributed by atoms with E-state index < -0.39 is 0 Å². The smallest absolute Gasteiger partial charge is 0.266 e. The molecule has 39 heavy (non-hydrogen) atoms. The number of thioether (sulfide) groups is 1. The highest BCUT2D eigenvalue weighted by molar-refractivity contribution is 8.26. The summed E-state index contributed by atoms with van der Waals surface area (Å²) >= 11 is 6.83. The van der Waals surface area contributed by atoms with Gasteiger partial charge in [-0.1, -0.05) is 84.1 Å². The molecule has 0 aliphatic carbocycles. The summed E-state index contributed by atoms with van der Waals surface area (Å²) in [7, 11) is 1.65. The minimum Gasteiger partial charge on any atom is -0.489 e. The van der Waals surface area contributed by atoms with Gasteiger partial charge in [-0.2, -0.15) is 5.10 Å². The summed E-state index contributed by atoms with van der Waals surface area (Å²) in [5.41, 5.74) is 5.73. The van der Waals surface area contributed by atoms with E-state index in [1.807, 2.05) is 71.6 Å². The number of nitrogens with zero attached hydrogens (tertiary/aromatic N) is 3. The second-order valence-electron chi connectivity index (χ2n) is 9.19. The average molecular weight is 556 g/mol. The molecule has 0 unspecified atom stereocenters. The Balaban J connectivity index is 1.46. The zero-order valence-corrected chi connectivity index (χ0v) is 23.5. The number of aromatic nitrogens is 2. The molecule has 2 heterocycles. The molecule has 0 radical (unpaired) electrons. The van der Waals surface area contributed by atoms with Crippen LogP contribution >= 0.6 is 24.0 Å². The molecule has 8 heteroatoms. The summed E-state index contributed by atoms with van der Waals surface area (Å²) in [5.74, 6) is 0.660. The quantitative estimate of drug-likeness (QED) is 0.124. The first-order valence-electron chi connectivity index (χ1n) is 12.7. The minimum absolute atomic E-state index is 0.0882. The lowest BCUT2D eigenvalue weighted by molar-refractivity contribution is -0.122. The van der Waals surface area contributed by atoms with E-state index in [4.69, 9.17) is 26.8 Å². The molecule has 1 aliphatic rings. The van der Waals surface area contributed by atoms with Gasteiger partial charge in [-0.25, -0.2) is 4.68 Å². The van der Waals surface area contributed by atoms with Gasteiger partial charge in [0.05, 0.1) is 10.6 Å². The zero-order valence-electron chi connectivity index (χ0n) is 21.9. The van der Waals surface area contributed by atoms with Crippen LogP contribution in [-0.2, 0) is 16.1 Å². The summed E-state index contributed by atoms with van der Waals surface area (Å²) in [6.07, 6.45) is 4.56. The minimum atomic E-state index is -0.0882. The highest BCUT2D eigenvalue weighted by Crippen LogP contribution is 2.35. The Bertz CT molecular complexity index is 1500. The third kappa shape index (κ3) is 6.47. The van der Waals surface area contributed by atoms with Crippen LogP contribution in [0.2, 0.25) is 0 Å². The lowest BCUT2D eigenvalue weighted by atomic mass is 10.1. The summed E-state index contributed by atoms with van der Waals surface area (Å²) < 4.78 is 13.6. The summed E-state index contributed by atoms with van der Waals surface area (Å²) in [6.45, 7) is 3.65. The Labute approximate surface area is 238 Å². The van der Waals surface area contributed by atoms with Crippen molar-refractivity contribution in [1.29, 1.82) is 0 Å². The maximum Gasteiger partial charge on any atom is 0.266 e. The van der Waals surface area contributed by atoms with Gasteiger partial charge in [0, 0.05) is 37.6 Å². The Morgan fingerprint density at radius 2 is 1.82 bits per heavy atom. The molecule has 3 aromatic carbocycles. The number of carbonyl (C=O) groups is 1. The predicted octanol–water partition coefficient (Wildman–Crippen LogP) is 6.66. The van der Waals surface area contributed by atoms with Crippen LogP contribution in [-0.4, -0.2) is 45.2 Å². The van der Waals surface area contributed by atoms with Crippen LogP contribution in [0.5, 0.6) is 5.75 Å². The molecular formula is C31H29N3O3S2. The number of aryl methyl sites for hydroxylation is 1. The van der Waals surface area contributed by atoms with Crippen molar-refractivity contribution in [2.24, 2.45) is 0 Å². The van der Waals surface area contributed by atoms with E-state index in [0.29, 0.717) is 29.0 Å². The van der Waals surface area contributed by atoms with Gasteiger partial charge in [-0.3, -0.25) is 9.69 Å². The fourth-order valence-electron chi connectivity index (χ4n) is 4.22. The molecule has 0 N–H and O–H groups in total. The number of rotatable bonds is 10. The maximum absolute atomic E-state index is 13.2.